The van der Waals surface area contributed by atoms with Crippen molar-refractivity contribution in [2.75, 3.05) is 6.61 Å². The van der Waals surface area contributed by atoms with Gasteiger partial charge in [0.05, 0.1) is 11.4 Å². The predicted molar refractivity (Wildman–Crippen MR) is 93.8 cm³/mol. The number of nitrogens with zero attached hydrogens (tertiary/aromatic N) is 3. The molecule has 2 aliphatic carbocycles. The normalized spacial score (nSPS) is 18.2. The maximum absolute atomic E-state index is 12.8. The number of aromatic nitrogens is 3. The zero-order valence-electron chi connectivity index (χ0n) is 14.5. The number of hydrogen-bond acceptors (Lipinski definition) is 4. The quantitative estimate of drug-likeness (QED) is 0.811. The fourth-order valence-electron chi connectivity index (χ4n) is 3.35. The van der Waals surface area contributed by atoms with Crippen molar-refractivity contribution >= 4 is 5.91 Å². The highest BCUT2D eigenvalue weighted by atomic mass is 16.3. The highest BCUT2D eigenvalue weighted by molar-refractivity contribution is 5.94. The Morgan fingerprint density at radius 2 is 2.00 bits per heavy atom. The van der Waals surface area contributed by atoms with Gasteiger partial charge in [-0.2, -0.15) is 0 Å². The van der Waals surface area contributed by atoms with Crippen LogP contribution in [0.25, 0.3) is 5.69 Å². The van der Waals surface area contributed by atoms with Crippen LogP contribution in [0.15, 0.2) is 24.3 Å². The Hall–Kier alpha value is -2.21. The molecule has 0 aliphatic heterocycles. The van der Waals surface area contributed by atoms with Gasteiger partial charge in [-0.25, -0.2) is 4.68 Å². The second kappa shape index (κ2) is 6.59. The van der Waals surface area contributed by atoms with Gasteiger partial charge in [0, 0.05) is 18.6 Å². The summed E-state index contributed by atoms with van der Waals surface area (Å²) in [5, 5.41) is 20.8. The molecule has 132 valence electrons. The third-order valence-corrected chi connectivity index (χ3v) is 5.11. The average molecular weight is 340 g/mol. The van der Waals surface area contributed by atoms with Crippen molar-refractivity contribution in [2.45, 2.75) is 51.0 Å². The molecule has 1 aromatic carbocycles. The molecule has 6 heteroatoms. The molecule has 25 heavy (non-hydrogen) atoms. The van der Waals surface area contributed by atoms with Crippen molar-refractivity contribution in [1.82, 2.24) is 20.3 Å². The van der Waals surface area contributed by atoms with Gasteiger partial charge in [0.25, 0.3) is 5.91 Å². The van der Waals surface area contributed by atoms with E-state index in [-0.39, 0.29) is 18.6 Å². The molecule has 2 aromatic rings. The monoisotopic (exact) mass is 340 g/mol. The number of nitrogens with one attached hydrogen (secondary N) is 1. The van der Waals surface area contributed by atoms with Gasteiger partial charge in [0.1, 0.15) is 0 Å². The molecule has 2 aliphatic rings. The molecule has 1 unspecified atom stereocenters. The van der Waals surface area contributed by atoms with E-state index < -0.39 is 0 Å². The van der Waals surface area contributed by atoms with Crippen LogP contribution in [0.2, 0.25) is 0 Å². The Balaban J connectivity index is 1.61. The average Bonchev–Trinajstić information content (AvgIpc) is 3.53. The topological polar surface area (TPSA) is 80.0 Å². The summed E-state index contributed by atoms with van der Waals surface area (Å²) in [7, 11) is 0. The Labute approximate surface area is 147 Å². The molecule has 2 saturated carbocycles. The SMILES string of the molecule is Cc1ccc(-n2nnc(C(=O)NC(CCO)C3CC3)c2C2CC2)cc1. The lowest BCUT2D eigenvalue weighted by molar-refractivity contribution is 0.0918. The van der Waals surface area contributed by atoms with Crippen molar-refractivity contribution in [3.8, 4) is 5.69 Å². The van der Waals surface area contributed by atoms with E-state index in [4.69, 9.17) is 0 Å². The first kappa shape index (κ1) is 16.3. The second-order valence-corrected chi connectivity index (χ2v) is 7.27. The first-order chi connectivity index (χ1) is 12.2. The minimum Gasteiger partial charge on any atom is -0.396 e. The highest BCUT2D eigenvalue weighted by Gasteiger charge is 2.37. The fraction of sp³-hybridized carbons (Fsp3) is 0.526. The van der Waals surface area contributed by atoms with Crippen LogP contribution in [0.3, 0.4) is 0 Å². The summed E-state index contributed by atoms with van der Waals surface area (Å²) in [6.07, 6.45) is 4.98. The number of aliphatic hydroxyl groups is 1. The zero-order chi connectivity index (χ0) is 17.4. The van der Waals surface area contributed by atoms with Gasteiger partial charge in [-0.3, -0.25) is 4.79 Å². The first-order valence-electron chi connectivity index (χ1n) is 9.11. The fourth-order valence-corrected chi connectivity index (χ4v) is 3.35. The zero-order valence-corrected chi connectivity index (χ0v) is 14.5. The Kier molecular flexibility index (Phi) is 4.29. The van der Waals surface area contributed by atoms with Crippen LogP contribution in [0.1, 0.15) is 59.8 Å². The molecular weight excluding hydrogens is 316 g/mol. The minimum atomic E-state index is -0.161. The van der Waals surface area contributed by atoms with Crippen molar-refractivity contribution in [2.24, 2.45) is 5.92 Å². The third kappa shape index (κ3) is 3.44. The standard InChI is InChI=1S/C19H24N4O2/c1-12-2-8-15(9-3-12)23-18(14-6-7-14)17(21-22-23)19(25)20-16(10-11-24)13-4-5-13/h2-3,8-9,13-14,16,24H,4-7,10-11H2,1H3,(H,20,25). The number of benzene rings is 1. The summed E-state index contributed by atoms with van der Waals surface area (Å²) >= 11 is 0. The van der Waals surface area contributed by atoms with Crippen LogP contribution in [0, 0.1) is 12.8 Å². The summed E-state index contributed by atoms with van der Waals surface area (Å²) in [6, 6.07) is 8.14. The van der Waals surface area contributed by atoms with Crippen LogP contribution >= 0.6 is 0 Å². The van der Waals surface area contributed by atoms with Crippen LogP contribution in [0.4, 0.5) is 0 Å². The summed E-state index contributed by atoms with van der Waals surface area (Å²) in [5.74, 6) is 0.687. The number of rotatable bonds is 7. The van der Waals surface area contributed by atoms with Gasteiger partial charge in [0.2, 0.25) is 0 Å². The van der Waals surface area contributed by atoms with Crippen molar-refractivity contribution < 1.29 is 9.90 Å². The Bertz CT molecular complexity index is 760. The van der Waals surface area contributed by atoms with E-state index in [0.717, 1.165) is 37.1 Å². The summed E-state index contributed by atoms with van der Waals surface area (Å²) in [6.45, 7) is 2.14. The minimum absolute atomic E-state index is 0.0362. The van der Waals surface area contributed by atoms with E-state index in [1.807, 2.05) is 35.9 Å². The number of carbonyl (C=O) groups excluding carboxylic acids is 1. The molecule has 6 nitrogen and oxygen atoms in total. The maximum atomic E-state index is 12.8. The molecule has 1 amide bonds. The molecule has 4 rings (SSSR count). The van der Waals surface area contributed by atoms with Gasteiger partial charge < -0.3 is 10.4 Å². The summed E-state index contributed by atoms with van der Waals surface area (Å²) < 4.78 is 1.81. The van der Waals surface area contributed by atoms with Crippen LogP contribution in [-0.2, 0) is 0 Å². The molecule has 1 atom stereocenters. The molecule has 1 aromatic heterocycles. The lowest BCUT2D eigenvalue weighted by Crippen LogP contribution is -2.37. The molecule has 0 radical (unpaired) electrons. The van der Waals surface area contributed by atoms with E-state index in [9.17, 15) is 9.90 Å². The summed E-state index contributed by atoms with van der Waals surface area (Å²) in [5.41, 5.74) is 3.48. The first-order valence-corrected chi connectivity index (χ1v) is 9.11. The molecule has 1 heterocycles. The third-order valence-electron chi connectivity index (χ3n) is 5.11. The Morgan fingerprint density at radius 1 is 1.28 bits per heavy atom. The van der Waals surface area contributed by atoms with Gasteiger partial charge in [-0.1, -0.05) is 22.9 Å². The molecule has 0 saturated heterocycles. The Morgan fingerprint density at radius 3 is 2.60 bits per heavy atom. The number of aryl methyl sites for hydroxylation is 1. The highest BCUT2D eigenvalue weighted by Crippen LogP contribution is 2.42. The number of hydrogen-bond donors (Lipinski definition) is 2. The van der Waals surface area contributed by atoms with Gasteiger partial charge in [0.15, 0.2) is 5.69 Å². The van der Waals surface area contributed by atoms with E-state index in [1.165, 1.54) is 5.56 Å². The van der Waals surface area contributed by atoms with Crippen molar-refractivity contribution in [3.63, 3.8) is 0 Å². The van der Waals surface area contributed by atoms with E-state index in [0.29, 0.717) is 24.0 Å². The lowest BCUT2D eigenvalue weighted by Gasteiger charge is -2.16. The molecule has 2 fully saturated rings. The molecule has 0 bridgehead atoms. The second-order valence-electron chi connectivity index (χ2n) is 7.27. The van der Waals surface area contributed by atoms with E-state index in [2.05, 4.69) is 15.6 Å². The van der Waals surface area contributed by atoms with Gasteiger partial charge in [-0.15, -0.1) is 5.10 Å². The smallest absolute Gasteiger partial charge is 0.274 e. The van der Waals surface area contributed by atoms with Gasteiger partial charge >= 0.3 is 0 Å². The molecule has 0 spiro atoms. The van der Waals surface area contributed by atoms with Crippen LogP contribution in [0.5, 0.6) is 0 Å². The number of amides is 1. The summed E-state index contributed by atoms with van der Waals surface area (Å²) in [4.78, 5) is 12.8. The van der Waals surface area contributed by atoms with E-state index in [1.54, 1.807) is 0 Å². The number of carbonyl (C=O) groups is 1. The predicted octanol–water partition coefficient (Wildman–Crippen LogP) is 2.34. The largest absolute Gasteiger partial charge is 0.396 e. The van der Waals surface area contributed by atoms with Crippen LogP contribution in [-0.4, -0.2) is 38.7 Å². The van der Waals surface area contributed by atoms with Crippen molar-refractivity contribution in [1.29, 1.82) is 0 Å². The maximum Gasteiger partial charge on any atom is 0.274 e. The molecule has 2 N–H and O–H groups in total. The molecular formula is C19H24N4O2. The van der Waals surface area contributed by atoms with Crippen LogP contribution < -0.4 is 5.32 Å². The number of aliphatic hydroxyl groups excluding tert-OH is 1. The van der Waals surface area contributed by atoms with Crippen molar-refractivity contribution in [3.05, 3.63) is 41.2 Å². The van der Waals surface area contributed by atoms with E-state index >= 15 is 0 Å². The lowest BCUT2D eigenvalue weighted by atomic mass is 10.1. The van der Waals surface area contributed by atoms with Gasteiger partial charge in [-0.05, 0) is 57.1 Å².